The number of aromatic amines is 1. The molecule has 39 heavy (non-hydrogen) atoms. The fourth-order valence-electron chi connectivity index (χ4n) is 4.74. The molecule has 3 heterocycles. The zero-order chi connectivity index (χ0) is 27.4. The van der Waals surface area contributed by atoms with Gasteiger partial charge in [-0.3, -0.25) is 15.0 Å². The first-order valence-corrected chi connectivity index (χ1v) is 13.0. The van der Waals surface area contributed by atoms with Crippen molar-refractivity contribution < 1.29 is 23.9 Å². The predicted molar refractivity (Wildman–Crippen MR) is 146 cm³/mol. The molecule has 2 aromatic carbocycles. The summed E-state index contributed by atoms with van der Waals surface area (Å²) in [5.41, 5.74) is 3.06. The highest BCUT2D eigenvalue weighted by Gasteiger charge is 2.35. The minimum Gasteiger partial charge on any atom is -0.453 e. The summed E-state index contributed by atoms with van der Waals surface area (Å²) in [5, 5.41) is 6.13. The quantitative estimate of drug-likeness (QED) is 0.333. The lowest BCUT2D eigenvalue weighted by atomic mass is 10.0. The van der Waals surface area contributed by atoms with Crippen LogP contribution in [-0.2, 0) is 14.3 Å². The fourth-order valence-corrected chi connectivity index (χ4v) is 4.94. The zero-order valence-corrected chi connectivity index (χ0v) is 22.0. The summed E-state index contributed by atoms with van der Waals surface area (Å²) in [4.78, 5) is 47.3. The molecular formula is C28H28ClN5O5. The Morgan fingerprint density at radius 3 is 2.87 bits per heavy atom. The van der Waals surface area contributed by atoms with Crippen LogP contribution >= 0.6 is 11.6 Å². The molecule has 0 unspecified atom stereocenters. The number of methoxy groups -OCH3 is 1. The van der Waals surface area contributed by atoms with E-state index in [2.05, 4.69) is 20.4 Å². The van der Waals surface area contributed by atoms with Crippen LogP contribution in [0.25, 0.3) is 11.3 Å². The van der Waals surface area contributed by atoms with Crippen LogP contribution in [0, 0.1) is 0 Å². The van der Waals surface area contributed by atoms with Gasteiger partial charge >= 0.3 is 12.2 Å². The third-order valence-corrected chi connectivity index (χ3v) is 6.92. The number of H-pyrrole nitrogens is 1. The molecule has 2 aliphatic heterocycles. The number of nitrogens with one attached hydrogen (secondary N) is 3. The van der Waals surface area contributed by atoms with Crippen molar-refractivity contribution in [1.82, 2.24) is 14.9 Å². The maximum Gasteiger partial charge on any atom is 0.411 e. The van der Waals surface area contributed by atoms with Crippen molar-refractivity contribution in [2.24, 2.45) is 0 Å². The number of fused-ring (bicyclic) bond motifs is 4. The van der Waals surface area contributed by atoms with Crippen LogP contribution in [0.2, 0.25) is 5.02 Å². The third-order valence-electron chi connectivity index (χ3n) is 6.69. The van der Waals surface area contributed by atoms with E-state index in [0.717, 1.165) is 5.56 Å². The van der Waals surface area contributed by atoms with Gasteiger partial charge in [0.1, 0.15) is 11.9 Å². The van der Waals surface area contributed by atoms with Gasteiger partial charge in [0.15, 0.2) is 0 Å². The number of hydrogen-bond donors (Lipinski definition) is 3. The third kappa shape index (κ3) is 6.06. The van der Waals surface area contributed by atoms with E-state index in [4.69, 9.17) is 21.3 Å². The number of nitrogens with zero attached hydrogens (tertiary/aromatic N) is 2. The van der Waals surface area contributed by atoms with Gasteiger partial charge in [0.25, 0.3) is 0 Å². The topological polar surface area (TPSA) is 126 Å². The minimum atomic E-state index is -0.619. The summed E-state index contributed by atoms with van der Waals surface area (Å²) in [7, 11) is 1.28. The van der Waals surface area contributed by atoms with Gasteiger partial charge in [-0.2, -0.15) is 0 Å². The molecule has 0 saturated carbocycles. The zero-order valence-electron chi connectivity index (χ0n) is 21.3. The number of carbonyl (C=O) groups is 3. The number of cyclic esters (lactones) is 1. The number of rotatable bonds is 3. The number of benzene rings is 2. The van der Waals surface area contributed by atoms with E-state index in [9.17, 15) is 14.4 Å². The van der Waals surface area contributed by atoms with Gasteiger partial charge in [-0.15, -0.1) is 0 Å². The Balaban J connectivity index is 1.43. The van der Waals surface area contributed by atoms with Crippen LogP contribution in [0.3, 0.4) is 0 Å². The minimum absolute atomic E-state index is 0.172. The molecule has 2 bridgehead atoms. The van der Waals surface area contributed by atoms with Gasteiger partial charge in [-0.25, -0.2) is 14.6 Å². The standard InChI is InChI=1S/C28H28ClN5O5/c1-38-27(36)31-19-10-11-20-21(15-19)32-25(35)9-4-2-3-8-23(26-30-16-22(20)33-26)34-13-12-24(39-28(34)37)17-6-5-7-18(29)14-17/h2-3,5-7,10-11,14-16,23-24H,4,8-9,12-13H2,1H3,(H,30,33)(H,31,36)(H,32,35)/b3-2+/t23-,24+/m0/s1. The van der Waals surface area contributed by atoms with Crippen molar-refractivity contribution in [3.63, 3.8) is 0 Å². The lowest BCUT2D eigenvalue weighted by Crippen LogP contribution is -2.41. The summed E-state index contributed by atoms with van der Waals surface area (Å²) >= 11 is 6.14. The first kappa shape index (κ1) is 26.3. The smallest absolute Gasteiger partial charge is 0.411 e. The fraction of sp³-hybridized carbons (Fsp3) is 0.286. The number of amides is 3. The number of imidazole rings is 1. The molecule has 10 nitrogen and oxygen atoms in total. The Hall–Kier alpha value is -4.31. The SMILES string of the molecule is COC(=O)Nc1ccc2c(c1)NC(=O)CC/C=C/C[C@H](N1CC[C@H](c3cccc(Cl)c3)OC1=O)c1nc-2c[nH]1. The molecule has 11 heteroatoms. The Morgan fingerprint density at radius 2 is 2.08 bits per heavy atom. The highest BCUT2D eigenvalue weighted by atomic mass is 35.5. The van der Waals surface area contributed by atoms with Crippen LogP contribution in [0.5, 0.6) is 0 Å². The van der Waals surface area contributed by atoms with Gasteiger partial charge in [0.2, 0.25) is 5.91 Å². The van der Waals surface area contributed by atoms with Crippen LogP contribution in [-0.4, -0.2) is 46.6 Å². The lowest BCUT2D eigenvalue weighted by Gasteiger charge is -2.36. The molecule has 5 rings (SSSR count). The van der Waals surface area contributed by atoms with Crippen molar-refractivity contribution in [2.45, 2.75) is 37.8 Å². The lowest BCUT2D eigenvalue weighted by molar-refractivity contribution is -0.116. The molecule has 202 valence electrons. The second kappa shape index (κ2) is 11.6. The molecule has 0 spiro atoms. The summed E-state index contributed by atoms with van der Waals surface area (Å²) in [6, 6.07) is 12.1. The van der Waals surface area contributed by atoms with Crippen LogP contribution in [0.4, 0.5) is 21.0 Å². The number of allylic oxidation sites excluding steroid dienone is 1. The van der Waals surface area contributed by atoms with E-state index in [0.29, 0.717) is 59.3 Å². The van der Waals surface area contributed by atoms with Gasteiger partial charge in [-0.05, 0) is 48.7 Å². The molecule has 1 fully saturated rings. The summed E-state index contributed by atoms with van der Waals surface area (Å²) in [6.07, 6.45) is 6.11. The summed E-state index contributed by atoms with van der Waals surface area (Å²) in [6.45, 7) is 0.476. The molecule has 2 aliphatic rings. The largest absolute Gasteiger partial charge is 0.453 e. The number of anilines is 2. The molecule has 3 N–H and O–H groups in total. The molecule has 0 radical (unpaired) electrons. The van der Waals surface area contributed by atoms with E-state index in [1.165, 1.54) is 7.11 Å². The van der Waals surface area contributed by atoms with E-state index in [1.54, 1.807) is 35.4 Å². The number of hydrogen-bond acceptors (Lipinski definition) is 6. The van der Waals surface area contributed by atoms with E-state index in [1.807, 2.05) is 30.4 Å². The van der Waals surface area contributed by atoms with Gasteiger partial charge in [0.05, 0.1) is 24.5 Å². The van der Waals surface area contributed by atoms with Gasteiger partial charge in [0, 0.05) is 41.9 Å². The Bertz CT molecular complexity index is 1420. The Morgan fingerprint density at radius 1 is 1.21 bits per heavy atom. The van der Waals surface area contributed by atoms with E-state index in [-0.39, 0.29) is 18.4 Å². The number of carbonyl (C=O) groups excluding carboxylic acids is 3. The average molecular weight is 550 g/mol. The Kier molecular flexibility index (Phi) is 7.83. The van der Waals surface area contributed by atoms with Crippen molar-refractivity contribution in [1.29, 1.82) is 0 Å². The predicted octanol–water partition coefficient (Wildman–Crippen LogP) is 6.21. The van der Waals surface area contributed by atoms with Crippen LogP contribution in [0.1, 0.15) is 49.2 Å². The van der Waals surface area contributed by atoms with E-state index < -0.39 is 18.2 Å². The molecular weight excluding hydrogens is 522 g/mol. The second-order valence-corrected chi connectivity index (χ2v) is 9.70. The van der Waals surface area contributed by atoms with Crippen LogP contribution in [0.15, 0.2) is 60.8 Å². The normalized spacial score (nSPS) is 20.3. The molecule has 3 aromatic rings. The molecule has 1 aromatic heterocycles. The van der Waals surface area contributed by atoms with Gasteiger partial charge in [-0.1, -0.05) is 35.9 Å². The van der Waals surface area contributed by atoms with E-state index >= 15 is 0 Å². The highest BCUT2D eigenvalue weighted by Crippen LogP contribution is 2.36. The average Bonchev–Trinajstić information content (AvgIpc) is 3.40. The monoisotopic (exact) mass is 549 g/mol. The molecule has 3 amide bonds. The second-order valence-electron chi connectivity index (χ2n) is 9.27. The van der Waals surface area contributed by atoms with Crippen molar-refractivity contribution >= 4 is 41.1 Å². The molecule has 0 aliphatic carbocycles. The number of aromatic nitrogens is 2. The maximum atomic E-state index is 13.2. The van der Waals surface area contributed by atoms with Crippen molar-refractivity contribution in [2.75, 3.05) is 24.3 Å². The molecule has 2 atom stereocenters. The maximum absolute atomic E-state index is 13.2. The molecule has 1 saturated heterocycles. The Labute approximate surface area is 230 Å². The van der Waals surface area contributed by atoms with Crippen molar-refractivity contribution in [3.05, 3.63) is 77.2 Å². The van der Waals surface area contributed by atoms with Crippen molar-refractivity contribution in [3.8, 4) is 11.3 Å². The number of ether oxygens (including phenoxy) is 2. The van der Waals surface area contributed by atoms with Crippen LogP contribution < -0.4 is 10.6 Å². The first-order valence-electron chi connectivity index (χ1n) is 12.6. The first-order chi connectivity index (χ1) is 18.9. The van der Waals surface area contributed by atoms with Gasteiger partial charge < -0.3 is 19.8 Å². The number of halogens is 1. The summed E-state index contributed by atoms with van der Waals surface area (Å²) < 4.78 is 10.5. The highest BCUT2D eigenvalue weighted by molar-refractivity contribution is 6.30. The summed E-state index contributed by atoms with van der Waals surface area (Å²) in [5.74, 6) is 0.426.